The monoisotopic (exact) mass is 402 g/mol. The normalized spacial score (nSPS) is 17.0. The van der Waals surface area contributed by atoms with Crippen LogP contribution in [-0.4, -0.2) is 40.8 Å². The van der Waals surface area contributed by atoms with Crippen molar-refractivity contribution < 1.29 is 9.59 Å². The standard InChI is InChI=1S/C24H26N4O2/c1-17-5-4-8-21(27-17)15-26-23(29)14-22-24(30)25-11-12-28(22)16-18-9-10-19-6-2-3-7-20(19)13-18/h2-10,13,22H,11-12,14-16H2,1H3,(H,25,30)(H,26,29)/t22-/m1/s1. The van der Waals surface area contributed by atoms with Crippen molar-refractivity contribution in [1.29, 1.82) is 0 Å². The molecule has 0 radical (unpaired) electrons. The largest absolute Gasteiger partial charge is 0.353 e. The summed E-state index contributed by atoms with van der Waals surface area (Å²) in [6, 6.07) is 19.8. The van der Waals surface area contributed by atoms with Gasteiger partial charge in [0.2, 0.25) is 11.8 Å². The Hall–Kier alpha value is -3.25. The zero-order valence-electron chi connectivity index (χ0n) is 17.1. The summed E-state index contributed by atoms with van der Waals surface area (Å²) < 4.78 is 0. The van der Waals surface area contributed by atoms with Crippen LogP contribution in [0.15, 0.2) is 60.7 Å². The molecule has 1 fully saturated rings. The SMILES string of the molecule is Cc1cccc(CNC(=O)C[C@@H]2C(=O)NCCN2Cc2ccc3ccccc3c2)n1. The fraction of sp³-hybridized carbons (Fsp3) is 0.292. The van der Waals surface area contributed by atoms with Crippen LogP contribution in [0.4, 0.5) is 0 Å². The number of benzene rings is 2. The number of amides is 2. The van der Waals surface area contributed by atoms with Gasteiger partial charge in [0.1, 0.15) is 0 Å². The lowest BCUT2D eigenvalue weighted by atomic mass is 10.0. The number of hydrogen-bond acceptors (Lipinski definition) is 4. The molecule has 30 heavy (non-hydrogen) atoms. The van der Waals surface area contributed by atoms with E-state index < -0.39 is 6.04 Å². The first-order chi connectivity index (χ1) is 14.6. The van der Waals surface area contributed by atoms with E-state index in [0.29, 0.717) is 19.6 Å². The number of fused-ring (bicyclic) bond motifs is 1. The highest BCUT2D eigenvalue weighted by molar-refractivity contribution is 5.89. The molecule has 2 heterocycles. The molecule has 1 aromatic heterocycles. The Morgan fingerprint density at radius 3 is 2.80 bits per heavy atom. The molecular formula is C24H26N4O2. The van der Waals surface area contributed by atoms with Gasteiger partial charge in [-0.15, -0.1) is 0 Å². The molecule has 1 aliphatic heterocycles. The Labute approximate surface area is 176 Å². The second-order valence-corrected chi connectivity index (χ2v) is 7.71. The average molecular weight is 402 g/mol. The summed E-state index contributed by atoms with van der Waals surface area (Å²) in [6.45, 7) is 4.23. The van der Waals surface area contributed by atoms with Crippen LogP contribution < -0.4 is 10.6 Å². The van der Waals surface area contributed by atoms with Crippen LogP contribution in [0.5, 0.6) is 0 Å². The Kier molecular flexibility index (Phi) is 6.05. The highest BCUT2D eigenvalue weighted by Crippen LogP contribution is 2.19. The predicted octanol–water partition coefficient (Wildman–Crippen LogP) is 2.55. The first-order valence-corrected chi connectivity index (χ1v) is 10.3. The van der Waals surface area contributed by atoms with E-state index >= 15 is 0 Å². The van der Waals surface area contributed by atoms with E-state index in [1.54, 1.807) is 0 Å². The van der Waals surface area contributed by atoms with Gasteiger partial charge < -0.3 is 10.6 Å². The molecule has 2 aromatic carbocycles. The fourth-order valence-electron chi connectivity index (χ4n) is 3.88. The van der Waals surface area contributed by atoms with Crippen molar-refractivity contribution in [1.82, 2.24) is 20.5 Å². The van der Waals surface area contributed by atoms with E-state index in [1.807, 2.05) is 37.3 Å². The highest BCUT2D eigenvalue weighted by atomic mass is 16.2. The molecule has 1 aliphatic rings. The molecule has 0 unspecified atom stereocenters. The minimum atomic E-state index is -0.476. The zero-order chi connectivity index (χ0) is 20.9. The van der Waals surface area contributed by atoms with Crippen LogP contribution in [-0.2, 0) is 22.7 Å². The number of carbonyl (C=O) groups is 2. The minimum Gasteiger partial charge on any atom is -0.353 e. The number of aryl methyl sites for hydroxylation is 1. The Morgan fingerprint density at radius 1 is 1.13 bits per heavy atom. The maximum Gasteiger partial charge on any atom is 0.237 e. The van der Waals surface area contributed by atoms with E-state index in [4.69, 9.17) is 0 Å². The number of nitrogens with one attached hydrogen (secondary N) is 2. The molecule has 0 aliphatic carbocycles. The quantitative estimate of drug-likeness (QED) is 0.665. The Balaban J connectivity index is 1.41. The van der Waals surface area contributed by atoms with Crippen molar-refractivity contribution in [3.05, 3.63) is 77.6 Å². The van der Waals surface area contributed by atoms with E-state index in [0.717, 1.165) is 23.5 Å². The molecule has 3 aromatic rings. The molecule has 0 saturated carbocycles. The number of nitrogens with zero attached hydrogens (tertiary/aromatic N) is 2. The summed E-state index contributed by atoms with van der Waals surface area (Å²) >= 11 is 0. The molecular weight excluding hydrogens is 376 g/mol. The summed E-state index contributed by atoms with van der Waals surface area (Å²) in [4.78, 5) is 31.5. The van der Waals surface area contributed by atoms with Gasteiger partial charge in [0.05, 0.1) is 24.7 Å². The maximum atomic E-state index is 12.5. The third-order valence-corrected chi connectivity index (χ3v) is 5.43. The van der Waals surface area contributed by atoms with Gasteiger partial charge in [-0.2, -0.15) is 0 Å². The number of rotatable bonds is 6. The molecule has 0 bridgehead atoms. The molecule has 2 amide bonds. The molecule has 2 N–H and O–H groups in total. The van der Waals surface area contributed by atoms with Crippen molar-refractivity contribution in [3.8, 4) is 0 Å². The number of carbonyl (C=O) groups excluding carboxylic acids is 2. The zero-order valence-corrected chi connectivity index (χ0v) is 17.1. The summed E-state index contributed by atoms with van der Waals surface area (Å²) in [6.07, 6.45) is 0.130. The fourth-order valence-corrected chi connectivity index (χ4v) is 3.88. The van der Waals surface area contributed by atoms with Gasteiger partial charge in [-0.25, -0.2) is 0 Å². The van der Waals surface area contributed by atoms with E-state index in [2.05, 4.69) is 50.8 Å². The first-order valence-electron chi connectivity index (χ1n) is 10.3. The summed E-state index contributed by atoms with van der Waals surface area (Å²) in [5.74, 6) is -0.241. The van der Waals surface area contributed by atoms with Gasteiger partial charge in [-0.1, -0.05) is 42.5 Å². The van der Waals surface area contributed by atoms with E-state index in [9.17, 15) is 9.59 Å². The van der Waals surface area contributed by atoms with Crippen LogP contribution in [0.25, 0.3) is 10.8 Å². The average Bonchev–Trinajstić information content (AvgIpc) is 2.75. The molecule has 4 rings (SSSR count). The topological polar surface area (TPSA) is 74.3 Å². The van der Waals surface area contributed by atoms with Gasteiger partial charge in [-0.3, -0.25) is 19.5 Å². The van der Waals surface area contributed by atoms with Gasteiger partial charge >= 0.3 is 0 Å². The van der Waals surface area contributed by atoms with Crippen molar-refractivity contribution in [2.75, 3.05) is 13.1 Å². The van der Waals surface area contributed by atoms with Crippen molar-refractivity contribution >= 4 is 22.6 Å². The molecule has 6 heteroatoms. The smallest absolute Gasteiger partial charge is 0.237 e. The number of piperazine rings is 1. The van der Waals surface area contributed by atoms with Gasteiger partial charge in [0.15, 0.2) is 0 Å². The van der Waals surface area contributed by atoms with Crippen LogP contribution in [0.3, 0.4) is 0 Å². The number of aromatic nitrogens is 1. The van der Waals surface area contributed by atoms with Gasteiger partial charge in [0, 0.05) is 25.3 Å². The third kappa shape index (κ3) is 4.83. The van der Waals surface area contributed by atoms with Gasteiger partial charge in [-0.05, 0) is 41.5 Å². The third-order valence-electron chi connectivity index (χ3n) is 5.43. The molecule has 1 saturated heterocycles. The second-order valence-electron chi connectivity index (χ2n) is 7.71. The second kappa shape index (κ2) is 9.05. The summed E-state index contributed by atoms with van der Waals surface area (Å²) in [5.41, 5.74) is 2.86. The maximum absolute atomic E-state index is 12.5. The van der Waals surface area contributed by atoms with Crippen molar-refractivity contribution in [3.63, 3.8) is 0 Å². The summed E-state index contributed by atoms with van der Waals surface area (Å²) in [5, 5.41) is 8.16. The van der Waals surface area contributed by atoms with Crippen molar-refractivity contribution in [2.24, 2.45) is 0 Å². The highest BCUT2D eigenvalue weighted by Gasteiger charge is 2.31. The molecule has 0 spiro atoms. The number of hydrogen-bond donors (Lipinski definition) is 2. The lowest BCUT2D eigenvalue weighted by Crippen LogP contribution is -2.56. The minimum absolute atomic E-state index is 0.0918. The van der Waals surface area contributed by atoms with E-state index in [-0.39, 0.29) is 18.2 Å². The van der Waals surface area contributed by atoms with Crippen molar-refractivity contribution in [2.45, 2.75) is 32.5 Å². The molecule has 6 nitrogen and oxygen atoms in total. The Morgan fingerprint density at radius 2 is 1.97 bits per heavy atom. The van der Waals surface area contributed by atoms with E-state index in [1.165, 1.54) is 10.8 Å². The lowest BCUT2D eigenvalue weighted by molar-refractivity contribution is -0.134. The summed E-state index contributed by atoms with van der Waals surface area (Å²) in [7, 11) is 0. The lowest BCUT2D eigenvalue weighted by Gasteiger charge is -2.34. The van der Waals surface area contributed by atoms with Crippen LogP contribution in [0, 0.1) is 6.92 Å². The van der Waals surface area contributed by atoms with Crippen LogP contribution >= 0.6 is 0 Å². The molecule has 1 atom stereocenters. The first kappa shape index (κ1) is 20.0. The number of pyridine rings is 1. The molecule has 154 valence electrons. The predicted molar refractivity (Wildman–Crippen MR) is 117 cm³/mol. The Bertz CT molecular complexity index is 1070. The van der Waals surface area contributed by atoms with Gasteiger partial charge in [0.25, 0.3) is 0 Å². The van der Waals surface area contributed by atoms with Crippen LogP contribution in [0.1, 0.15) is 23.4 Å². The van der Waals surface area contributed by atoms with Crippen LogP contribution in [0.2, 0.25) is 0 Å².